The van der Waals surface area contributed by atoms with Gasteiger partial charge in [-0.2, -0.15) is 4.73 Å². The summed E-state index contributed by atoms with van der Waals surface area (Å²) in [4.78, 5) is 23.4. The third kappa shape index (κ3) is 4.52. The van der Waals surface area contributed by atoms with E-state index in [4.69, 9.17) is 39.6 Å². The monoisotopic (exact) mass is 527 g/mol. The molecule has 5 nitrogen and oxygen atoms in total. The van der Waals surface area contributed by atoms with E-state index >= 15 is 0 Å². The quantitative estimate of drug-likeness (QED) is 0.253. The lowest BCUT2D eigenvalue weighted by atomic mass is 10.1. The molecule has 1 amide bonds. The van der Waals surface area contributed by atoms with E-state index in [1.165, 1.54) is 24.5 Å². The number of carbonyl (C=O) groups excluding carboxylic acids is 1. The van der Waals surface area contributed by atoms with Crippen molar-refractivity contribution < 1.29 is 14.0 Å². The topological polar surface area (TPSA) is 56.2 Å². The van der Waals surface area contributed by atoms with E-state index < -0.39 is 5.91 Å². The molecule has 1 N–H and O–H groups in total. The van der Waals surface area contributed by atoms with Crippen LogP contribution in [0.2, 0.25) is 15.1 Å². The highest BCUT2D eigenvalue weighted by Gasteiger charge is 2.21. The molecule has 176 valence electrons. The molecule has 0 bridgehead atoms. The Morgan fingerprint density at radius 2 is 1.66 bits per heavy atom. The molecule has 5 aromatic rings. The van der Waals surface area contributed by atoms with E-state index in [1.54, 1.807) is 35.1 Å². The van der Waals surface area contributed by atoms with Crippen LogP contribution in [-0.4, -0.2) is 22.2 Å². The summed E-state index contributed by atoms with van der Waals surface area (Å²) in [5.41, 5.74) is 2.93. The van der Waals surface area contributed by atoms with Gasteiger partial charge in [-0.25, -0.2) is 4.39 Å². The van der Waals surface area contributed by atoms with Gasteiger partial charge >= 0.3 is 0 Å². The summed E-state index contributed by atoms with van der Waals surface area (Å²) >= 11 is 18.9. The lowest BCUT2D eigenvalue weighted by Gasteiger charge is -2.11. The molecule has 2 aromatic heterocycles. The zero-order chi connectivity index (χ0) is 24.5. The maximum absolute atomic E-state index is 13.3. The zero-order valence-electron chi connectivity index (χ0n) is 18.1. The standard InChI is InChI=1S/C26H17Cl3FN3O2/c27-19-5-1-3-17-23-18(26(34)32-24-20(28)13-31-14-21(24)29)4-2-6-22(23)33(25(17)19)35-12-11-15-7-9-16(30)10-8-15/h1-10,13-14H,11-12H2,(H,31,32,34). The Balaban J connectivity index is 1.55. The van der Waals surface area contributed by atoms with Crippen LogP contribution in [0, 0.1) is 5.82 Å². The number of hydrogen-bond donors (Lipinski definition) is 1. The van der Waals surface area contributed by atoms with Crippen LogP contribution in [0.3, 0.4) is 0 Å². The van der Waals surface area contributed by atoms with Crippen molar-refractivity contribution in [3.05, 3.63) is 105 Å². The van der Waals surface area contributed by atoms with Gasteiger partial charge < -0.3 is 10.2 Å². The number of nitrogens with one attached hydrogen (secondary N) is 1. The number of fused-ring (bicyclic) bond motifs is 3. The Morgan fingerprint density at radius 1 is 0.943 bits per heavy atom. The number of nitrogens with zero attached hydrogens (tertiary/aromatic N) is 2. The number of halogens is 4. The van der Waals surface area contributed by atoms with Crippen LogP contribution >= 0.6 is 34.8 Å². The minimum Gasteiger partial charge on any atom is -0.413 e. The van der Waals surface area contributed by atoms with Crippen molar-refractivity contribution >= 4 is 68.2 Å². The van der Waals surface area contributed by atoms with E-state index in [2.05, 4.69) is 10.3 Å². The summed E-state index contributed by atoms with van der Waals surface area (Å²) in [6.07, 6.45) is 3.37. The fourth-order valence-electron chi connectivity index (χ4n) is 3.98. The molecule has 0 fully saturated rings. The second-order valence-electron chi connectivity index (χ2n) is 7.77. The predicted molar refractivity (Wildman–Crippen MR) is 138 cm³/mol. The van der Waals surface area contributed by atoms with E-state index in [1.807, 2.05) is 18.2 Å². The Bertz CT molecular complexity index is 1550. The minimum atomic E-state index is -0.393. The SMILES string of the molecule is O=C(Nc1c(Cl)cncc1Cl)c1cccc2c1c1cccc(Cl)c1n2OCCc1ccc(F)cc1. The van der Waals surface area contributed by atoms with E-state index in [9.17, 15) is 9.18 Å². The van der Waals surface area contributed by atoms with Gasteiger partial charge in [0.2, 0.25) is 0 Å². The van der Waals surface area contributed by atoms with Gasteiger partial charge in [-0.05, 0) is 35.9 Å². The van der Waals surface area contributed by atoms with Gasteiger partial charge in [0.25, 0.3) is 5.91 Å². The highest BCUT2D eigenvalue weighted by atomic mass is 35.5. The molecule has 2 heterocycles. The fourth-order valence-corrected chi connectivity index (χ4v) is 4.69. The molecular formula is C26H17Cl3FN3O2. The largest absolute Gasteiger partial charge is 0.413 e. The van der Waals surface area contributed by atoms with Gasteiger partial charge in [-0.1, -0.05) is 65.1 Å². The number of aromatic nitrogens is 2. The van der Waals surface area contributed by atoms with Crippen molar-refractivity contribution in [3.63, 3.8) is 0 Å². The smallest absolute Gasteiger partial charge is 0.256 e. The van der Waals surface area contributed by atoms with Crippen molar-refractivity contribution in [2.24, 2.45) is 0 Å². The summed E-state index contributed by atoms with van der Waals surface area (Å²) in [5.74, 6) is -0.681. The average molecular weight is 529 g/mol. The van der Waals surface area contributed by atoms with Gasteiger partial charge in [0.1, 0.15) is 17.9 Å². The summed E-state index contributed by atoms with van der Waals surface area (Å²) in [6, 6.07) is 17.1. The summed E-state index contributed by atoms with van der Waals surface area (Å²) in [6.45, 7) is 0.314. The lowest BCUT2D eigenvalue weighted by molar-refractivity contribution is 0.102. The number of amides is 1. The molecule has 0 spiro atoms. The summed E-state index contributed by atoms with van der Waals surface area (Å²) in [5, 5.41) is 5.15. The van der Waals surface area contributed by atoms with Crippen molar-refractivity contribution in [3.8, 4) is 0 Å². The maximum atomic E-state index is 13.3. The maximum Gasteiger partial charge on any atom is 0.256 e. The number of anilines is 1. The fraction of sp³-hybridized carbons (Fsp3) is 0.0769. The second-order valence-corrected chi connectivity index (χ2v) is 8.99. The normalized spacial score (nSPS) is 11.2. The summed E-state index contributed by atoms with van der Waals surface area (Å²) < 4.78 is 14.8. The highest BCUT2D eigenvalue weighted by Crippen LogP contribution is 2.36. The number of rotatable bonds is 6. The van der Waals surface area contributed by atoms with Crippen molar-refractivity contribution in [2.75, 3.05) is 11.9 Å². The molecule has 35 heavy (non-hydrogen) atoms. The number of para-hydroxylation sites is 1. The van der Waals surface area contributed by atoms with Crippen LogP contribution < -0.4 is 10.2 Å². The van der Waals surface area contributed by atoms with Gasteiger partial charge in [-0.3, -0.25) is 9.78 Å². The van der Waals surface area contributed by atoms with Crippen LogP contribution in [0.4, 0.5) is 10.1 Å². The molecule has 0 atom stereocenters. The van der Waals surface area contributed by atoms with Crippen LogP contribution in [0.1, 0.15) is 15.9 Å². The van der Waals surface area contributed by atoms with Gasteiger partial charge in [0.05, 0.1) is 26.3 Å². The Kier molecular flexibility index (Phi) is 6.52. The minimum absolute atomic E-state index is 0.229. The first kappa shape index (κ1) is 23.4. The van der Waals surface area contributed by atoms with Gasteiger partial charge in [0, 0.05) is 35.2 Å². The second kappa shape index (κ2) is 9.74. The molecule has 3 aromatic carbocycles. The Morgan fingerprint density at radius 3 is 2.40 bits per heavy atom. The van der Waals surface area contributed by atoms with Gasteiger partial charge in [-0.15, -0.1) is 0 Å². The Labute approximate surface area is 214 Å². The Hall–Kier alpha value is -3.32. The van der Waals surface area contributed by atoms with Crippen molar-refractivity contribution in [2.45, 2.75) is 6.42 Å². The van der Waals surface area contributed by atoms with E-state index in [0.717, 1.165) is 10.9 Å². The van der Waals surface area contributed by atoms with E-state index in [-0.39, 0.29) is 21.5 Å². The van der Waals surface area contributed by atoms with Gasteiger partial charge in [0.15, 0.2) is 0 Å². The molecule has 0 radical (unpaired) electrons. The summed E-state index contributed by atoms with van der Waals surface area (Å²) in [7, 11) is 0. The molecule has 0 unspecified atom stereocenters. The first-order valence-corrected chi connectivity index (χ1v) is 11.8. The molecule has 5 rings (SSSR count). The zero-order valence-corrected chi connectivity index (χ0v) is 20.3. The molecule has 0 aliphatic carbocycles. The van der Waals surface area contributed by atoms with Crippen molar-refractivity contribution in [1.29, 1.82) is 0 Å². The predicted octanol–water partition coefficient (Wildman–Crippen LogP) is 7.21. The van der Waals surface area contributed by atoms with Crippen LogP contribution in [0.5, 0.6) is 0 Å². The number of carbonyl (C=O) groups is 1. The first-order valence-electron chi connectivity index (χ1n) is 10.6. The lowest BCUT2D eigenvalue weighted by Crippen LogP contribution is -2.15. The number of pyridine rings is 1. The number of benzene rings is 3. The van der Waals surface area contributed by atoms with Crippen LogP contribution in [-0.2, 0) is 6.42 Å². The third-order valence-corrected chi connectivity index (χ3v) is 6.46. The number of hydrogen-bond acceptors (Lipinski definition) is 3. The van der Waals surface area contributed by atoms with Crippen LogP contribution in [0.25, 0.3) is 21.8 Å². The van der Waals surface area contributed by atoms with E-state index in [0.29, 0.717) is 40.0 Å². The highest BCUT2D eigenvalue weighted by molar-refractivity contribution is 6.40. The molecule has 0 aliphatic rings. The molecule has 0 saturated heterocycles. The molecular weight excluding hydrogens is 512 g/mol. The molecule has 9 heteroatoms. The molecule has 0 saturated carbocycles. The van der Waals surface area contributed by atoms with Crippen molar-refractivity contribution in [1.82, 2.24) is 9.71 Å². The third-order valence-electron chi connectivity index (χ3n) is 5.58. The molecule has 0 aliphatic heterocycles. The average Bonchev–Trinajstić information content (AvgIpc) is 3.18. The van der Waals surface area contributed by atoms with Crippen LogP contribution in [0.15, 0.2) is 73.1 Å². The first-order chi connectivity index (χ1) is 16.9.